The van der Waals surface area contributed by atoms with Crippen molar-refractivity contribution in [1.82, 2.24) is 0 Å². The summed E-state index contributed by atoms with van der Waals surface area (Å²) < 4.78 is 55.9. The molecule has 0 aliphatic heterocycles. The molecule has 1 rings (SSSR count). The molecule has 1 aromatic rings. The Bertz CT molecular complexity index is 457. The van der Waals surface area contributed by atoms with E-state index in [2.05, 4.69) is 10.7 Å². The van der Waals surface area contributed by atoms with E-state index >= 15 is 0 Å². The van der Waals surface area contributed by atoms with Crippen LogP contribution in [-0.4, -0.2) is 7.11 Å². The highest BCUT2D eigenvalue weighted by molar-refractivity contribution is 5.39. The van der Waals surface area contributed by atoms with E-state index in [1.165, 1.54) is 7.11 Å². The van der Waals surface area contributed by atoms with Gasteiger partial charge >= 0.3 is 0 Å². The summed E-state index contributed by atoms with van der Waals surface area (Å²) in [6.07, 6.45) is 2.29. The van der Waals surface area contributed by atoms with Gasteiger partial charge in [0.25, 0.3) is 0 Å². The normalized spacial score (nSPS) is 10.1. The Kier molecular flexibility index (Phi) is 3.95. The second kappa shape index (κ2) is 5.21. The maximum Gasteiger partial charge on any atom is 0.177 e. The van der Waals surface area contributed by atoms with Crippen LogP contribution in [0.15, 0.2) is 18.4 Å². The van der Waals surface area contributed by atoms with Crippen LogP contribution in [-0.2, 0) is 4.74 Å². The van der Waals surface area contributed by atoms with E-state index in [0.717, 1.165) is 12.3 Å². The largest absolute Gasteiger partial charge is 0.504 e. The molecule has 0 spiro atoms. The first kappa shape index (κ1) is 12.1. The average Bonchev–Trinajstić information content (AvgIpc) is 2.25. The quantitative estimate of drug-likeness (QED) is 0.312. The monoisotopic (exact) mass is 230 g/mol. The SMILES string of the molecule is CO/C=C\C#Cc1c(F)c(F)cc(F)c1F. The fraction of sp³-hybridized carbons (Fsp3) is 0.0909. The predicted octanol–water partition coefficient (Wildman–Crippen LogP) is 2.75. The van der Waals surface area contributed by atoms with Crippen molar-refractivity contribution in [3.05, 3.63) is 47.2 Å². The fourth-order valence-electron chi connectivity index (χ4n) is 0.899. The van der Waals surface area contributed by atoms with Crippen molar-refractivity contribution >= 4 is 0 Å². The molecule has 5 heteroatoms. The summed E-state index contributed by atoms with van der Waals surface area (Å²) in [5, 5.41) is 0. The standard InChI is InChI=1S/C11H6F4O/c1-16-5-3-2-4-7-10(14)8(12)6-9(13)11(7)15/h3,5-6H,1H3/b5-3-. The summed E-state index contributed by atoms with van der Waals surface area (Å²) in [4.78, 5) is 0. The van der Waals surface area contributed by atoms with Crippen molar-refractivity contribution in [2.24, 2.45) is 0 Å². The van der Waals surface area contributed by atoms with Gasteiger partial charge in [0.2, 0.25) is 0 Å². The molecule has 0 saturated carbocycles. The molecule has 0 amide bonds. The first-order valence-electron chi connectivity index (χ1n) is 4.10. The molecular formula is C11H6F4O. The second-order valence-electron chi connectivity index (χ2n) is 2.65. The molecule has 84 valence electrons. The van der Waals surface area contributed by atoms with Crippen molar-refractivity contribution in [3.63, 3.8) is 0 Å². The average molecular weight is 230 g/mol. The maximum absolute atomic E-state index is 13.0. The van der Waals surface area contributed by atoms with Crippen molar-refractivity contribution < 1.29 is 22.3 Å². The Morgan fingerprint density at radius 1 is 1.12 bits per heavy atom. The Morgan fingerprint density at radius 2 is 1.69 bits per heavy atom. The minimum absolute atomic E-state index is 0.126. The molecule has 0 fully saturated rings. The van der Waals surface area contributed by atoms with Crippen LogP contribution in [0.25, 0.3) is 0 Å². The van der Waals surface area contributed by atoms with Gasteiger partial charge in [-0.1, -0.05) is 11.8 Å². The van der Waals surface area contributed by atoms with Gasteiger partial charge in [-0.3, -0.25) is 0 Å². The van der Waals surface area contributed by atoms with Crippen LogP contribution in [0.1, 0.15) is 5.56 Å². The molecule has 16 heavy (non-hydrogen) atoms. The summed E-state index contributed by atoms with van der Waals surface area (Å²) in [7, 11) is 1.35. The highest BCUT2D eigenvalue weighted by atomic mass is 19.2. The van der Waals surface area contributed by atoms with E-state index in [1.807, 2.05) is 5.92 Å². The minimum Gasteiger partial charge on any atom is -0.504 e. The molecule has 0 radical (unpaired) electrons. The molecule has 0 aliphatic rings. The summed E-state index contributed by atoms with van der Waals surface area (Å²) in [5.74, 6) is -1.89. The van der Waals surface area contributed by atoms with Gasteiger partial charge in [-0.15, -0.1) is 0 Å². The lowest BCUT2D eigenvalue weighted by atomic mass is 10.2. The molecule has 0 heterocycles. The lowest BCUT2D eigenvalue weighted by molar-refractivity contribution is 0.338. The first-order valence-corrected chi connectivity index (χ1v) is 4.10. The summed E-state index contributed by atoms with van der Waals surface area (Å²) in [6.45, 7) is 0. The van der Waals surface area contributed by atoms with E-state index in [-0.39, 0.29) is 6.07 Å². The van der Waals surface area contributed by atoms with Crippen molar-refractivity contribution in [1.29, 1.82) is 0 Å². The topological polar surface area (TPSA) is 9.23 Å². The molecule has 1 nitrogen and oxygen atoms in total. The zero-order chi connectivity index (χ0) is 12.1. The Morgan fingerprint density at radius 3 is 2.19 bits per heavy atom. The smallest absolute Gasteiger partial charge is 0.177 e. The molecule has 0 aromatic heterocycles. The lowest BCUT2D eigenvalue weighted by Gasteiger charge is -1.99. The van der Waals surface area contributed by atoms with Gasteiger partial charge in [-0.25, -0.2) is 17.6 Å². The molecule has 1 aromatic carbocycles. The van der Waals surface area contributed by atoms with Crippen LogP contribution in [0, 0.1) is 35.1 Å². The molecule has 0 aliphatic carbocycles. The Balaban J connectivity index is 3.21. The molecule has 0 unspecified atom stereocenters. The van der Waals surface area contributed by atoms with Gasteiger partial charge in [0, 0.05) is 12.1 Å². The number of rotatable bonds is 1. The molecular weight excluding hydrogens is 224 g/mol. The van der Waals surface area contributed by atoms with E-state index in [1.54, 1.807) is 0 Å². The third kappa shape index (κ3) is 2.54. The molecule has 0 bridgehead atoms. The number of halogens is 4. The van der Waals surface area contributed by atoms with Crippen molar-refractivity contribution in [2.45, 2.75) is 0 Å². The number of hydrogen-bond donors (Lipinski definition) is 0. The number of allylic oxidation sites excluding steroid dienone is 1. The summed E-state index contributed by atoms with van der Waals surface area (Å²) >= 11 is 0. The van der Waals surface area contributed by atoms with Gasteiger partial charge in [-0.2, -0.15) is 0 Å². The predicted molar refractivity (Wildman–Crippen MR) is 49.3 cm³/mol. The van der Waals surface area contributed by atoms with E-state index in [0.29, 0.717) is 0 Å². The van der Waals surface area contributed by atoms with Crippen LogP contribution < -0.4 is 0 Å². The second-order valence-corrected chi connectivity index (χ2v) is 2.65. The van der Waals surface area contributed by atoms with Gasteiger partial charge in [0.05, 0.1) is 13.4 Å². The zero-order valence-corrected chi connectivity index (χ0v) is 8.15. The van der Waals surface area contributed by atoms with Gasteiger partial charge < -0.3 is 4.74 Å². The molecule has 0 N–H and O–H groups in total. The number of hydrogen-bond acceptors (Lipinski definition) is 1. The maximum atomic E-state index is 13.0. The Labute approximate surface area is 89.3 Å². The molecule has 0 saturated heterocycles. The highest BCUT2D eigenvalue weighted by Gasteiger charge is 2.17. The highest BCUT2D eigenvalue weighted by Crippen LogP contribution is 2.17. The number of benzene rings is 1. The van der Waals surface area contributed by atoms with Crippen molar-refractivity contribution in [3.8, 4) is 11.8 Å². The summed E-state index contributed by atoms with van der Waals surface area (Å²) in [5.41, 5.74) is -0.946. The number of methoxy groups -OCH3 is 1. The van der Waals surface area contributed by atoms with Crippen LogP contribution >= 0.6 is 0 Å². The van der Waals surface area contributed by atoms with Gasteiger partial charge in [0.1, 0.15) is 5.56 Å². The van der Waals surface area contributed by atoms with E-state index in [9.17, 15) is 17.6 Å². The van der Waals surface area contributed by atoms with Crippen LogP contribution in [0.4, 0.5) is 17.6 Å². The van der Waals surface area contributed by atoms with Crippen LogP contribution in [0.2, 0.25) is 0 Å². The fourth-order valence-corrected chi connectivity index (χ4v) is 0.899. The summed E-state index contributed by atoms with van der Waals surface area (Å²) in [6, 6.07) is 0.126. The minimum atomic E-state index is -1.52. The van der Waals surface area contributed by atoms with Gasteiger partial charge in [-0.05, 0) is 0 Å². The first-order chi connectivity index (χ1) is 7.57. The molecule has 0 atom stereocenters. The van der Waals surface area contributed by atoms with Crippen LogP contribution in [0.5, 0.6) is 0 Å². The van der Waals surface area contributed by atoms with E-state index in [4.69, 9.17) is 0 Å². The van der Waals surface area contributed by atoms with E-state index < -0.39 is 28.8 Å². The van der Waals surface area contributed by atoms with Crippen molar-refractivity contribution in [2.75, 3.05) is 7.11 Å². The zero-order valence-electron chi connectivity index (χ0n) is 8.15. The van der Waals surface area contributed by atoms with Gasteiger partial charge in [0.15, 0.2) is 23.3 Å². The Hall–Kier alpha value is -1.96. The lowest BCUT2D eigenvalue weighted by Crippen LogP contribution is -1.98. The number of ether oxygens (including phenoxy) is 1. The third-order valence-electron chi connectivity index (χ3n) is 1.60. The third-order valence-corrected chi connectivity index (χ3v) is 1.60. The van der Waals surface area contributed by atoms with Crippen LogP contribution in [0.3, 0.4) is 0 Å².